The van der Waals surface area contributed by atoms with Gasteiger partial charge in [-0.05, 0) is 24.0 Å². The molecule has 0 atom stereocenters. The lowest BCUT2D eigenvalue weighted by molar-refractivity contribution is -0.136. The highest BCUT2D eigenvalue weighted by atomic mass is 16.4. The predicted molar refractivity (Wildman–Crippen MR) is 80.3 cm³/mol. The molecule has 0 aliphatic rings. The number of aliphatic carboxylic acids is 1. The van der Waals surface area contributed by atoms with E-state index in [0.717, 1.165) is 17.0 Å². The second kappa shape index (κ2) is 6.52. The third kappa shape index (κ3) is 3.90. The molecule has 0 unspecified atom stereocenters. The Bertz CT molecular complexity index is 615. The van der Waals surface area contributed by atoms with Crippen LogP contribution >= 0.6 is 0 Å². The number of hydrogen-bond acceptors (Lipinski definition) is 3. The molecule has 0 spiro atoms. The minimum absolute atomic E-state index is 0.0859. The second-order valence-electron chi connectivity index (χ2n) is 5.57. The molecular weight excluding hydrogens is 266 g/mol. The van der Waals surface area contributed by atoms with Crippen molar-refractivity contribution in [3.05, 3.63) is 46.8 Å². The maximum absolute atomic E-state index is 10.6. The van der Waals surface area contributed by atoms with Crippen molar-refractivity contribution in [1.29, 1.82) is 0 Å². The topological polar surface area (TPSA) is 68.0 Å². The van der Waals surface area contributed by atoms with Crippen LogP contribution in [0.25, 0.3) is 0 Å². The van der Waals surface area contributed by atoms with E-state index in [4.69, 9.17) is 5.11 Å². The predicted octanol–water partition coefficient (Wildman–Crippen LogP) is 2.78. The highest BCUT2D eigenvalue weighted by Crippen LogP contribution is 2.16. The molecule has 0 aliphatic carbocycles. The molecule has 2 rings (SSSR count). The number of aryl methyl sites for hydroxylation is 1. The molecule has 2 aromatic rings. The van der Waals surface area contributed by atoms with Gasteiger partial charge in [-0.3, -0.25) is 4.79 Å². The molecule has 0 amide bonds. The van der Waals surface area contributed by atoms with Gasteiger partial charge in [0.1, 0.15) is 0 Å². The van der Waals surface area contributed by atoms with Crippen LogP contribution in [-0.4, -0.2) is 26.1 Å². The zero-order valence-electron chi connectivity index (χ0n) is 12.7. The fourth-order valence-corrected chi connectivity index (χ4v) is 2.18. The van der Waals surface area contributed by atoms with Gasteiger partial charge in [0.05, 0.1) is 24.4 Å². The molecule has 5 nitrogen and oxygen atoms in total. The first-order valence-corrected chi connectivity index (χ1v) is 7.17. The molecule has 0 bridgehead atoms. The summed E-state index contributed by atoms with van der Waals surface area (Å²) < 4.78 is 1.82. The van der Waals surface area contributed by atoms with E-state index in [0.29, 0.717) is 18.9 Å². The first-order chi connectivity index (χ1) is 9.97. The van der Waals surface area contributed by atoms with Gasteiger partial charge >= 0.3 is 5.97 Å². The van der Waals surface area contributed by atoms with Gasteiger partial charge in [0.2, 0.25) is 0 Å². The van der Waals surface area contributed by atoms with Gasteiger partial charge in [-0.2, -0.15) is 0 Å². The number of rotatable bonds is 6. The molecular formula is C16H21N3O2. The van der Waals surface area contributed by atoms with Crippen molar-refractivity contribution in [1.82, 2.24) is 15.0 Å². The van der Waals surface area contributed by atoms with Crippen LogP contribution in [0.4, 0.5) is 0 Å². The highest BCUT2D eigenvalue weighted by molar-refractivity contribution is 5.67. The van der Waals surface area contributed by atoms with E-state index < -0.39 is 5.97 Å². The van der Waals surface area contributed by atoms with Crippen LogP contribution in [-0.2, 0) is 17.8 Å². The van der Waals surface area contributed by atoms with Crippen LogP contribution in [0, 0.1) is 6.92 Å². The fraction of sp³-hybridized carbons (Fsp3) is 0.438. The monoisotopic (exact) mass is 287 g/mol. The molecule has 5 heteroatoms. The normalized spacial score (nSPS) is 11.0. The van der Waals surface area contributed by atoms with Crippen molar-refractivity contribution < 1.29 is 9.90 Å². The van der Waals surface area contributed by atoms with Crippen LogP contribution in [0.15, 0.2) is 24.3 Å². The van der Waals surface area contributed by atoms with Gasteiger partial charge < -0.3 is 5.11 Å². The lowest BCUT2D eigenvalue weighted by Gasteiger charge is -2.08. The molecule has 112 valence electrons. The van der Waals surface area contributed by atoms with Gasteiger partial charge in [0.25, 0.3) is 0 Å². The number of carboxylic acids is 1. The second-order valence-corrected chi connectivity index (χ2v) is 5.57. The van der Waals surface area contributed by atoms with Gasteiger partial charge in [0.15, 0.2) is 0 Å². The van der Waals surface area contributed by atoms with E-state index in [2.05, 4.69) is 48.4 Å². The van der Waals surface area contributed by atoms with Crippen molar-refractivity contribution in [2.75, 3.05) is 0 Å². The van der Waals surface area contributed by atoms with E-state index >= 15 is 0 Å². The number of carbonyl (C=O) groups is 1. The summed E-state index contributed by atoms with van der Waals surface area (Å²) in [4.78, 5) is 10.6. The third-order valence-corrected chi connectivity index (χ3v) is 3.63. The van der Waals surface area contributed by atoms with Crippen LogP contribution < -0.4 is 0 Å². The standard InChI is InChI=1S/C16H21N3O2/c1-11(2)14-6-4-13(5-7-14)10-19-12(3)15(17-18-19)8-9-16(20)21/h4-7,11H,8-10H2,1-3H3,(H,20,21). The summed E-state index contributed by atoms with van der Waals surface area (Å²) in [5.41, 5.74) is 4.17. The Balaban J connectivity index is 2.07. The minimum atomic E-state index is -0.812. The van der Waals surface area contributed by atoms with Crippen LogP contribution in [0.3, 0.4) is 0 Å². The SMILES string of the molecule is Cc1c(CCC(=O)O)nnn1Cc1ccc(C(C)C)cc1. The number of carboxylic acid groups (broad SMARTS) is 1. The number of nitrogens with zero attached hydrogens (tertiary/aromatic N) is 3. The molecule has 0 saturated heterocycles. The van der Waals surface area contributed by atoms with E-state index in [9.17, 15) is 4.79 Å². The Kier molecular flexibility index (Phi) is 4.73. The fourth-order valence-electron chi connectivity index (χ4n) is 2.18. The summed E-state index contributed by atoms with van der Waals surface area (Å²) >= 11 is 0. The van der Waals surface area contributed by atoms with E-state index in [-0.39, 0.29) is 6.42 Å². The Morgan fingerprint density at radius 1 is 1.29 bits per heavy atom. The molecule has 1 N–H and O–H groups in total. The summed E-state index contributed by atoms with van der Waals surface area (Å²) in [6.45, 7) is 6.93. The molecule has 1 aromatic heterocycles. The molecule has 0 saturated carbocycles. The van der Waals surface area contributed by atoms with Gasteiger partial charge in [-0.1, -0.05) is 43.3 Å². The van der Waals surface area contributed by atoms with E-state index in [1.807, 2.05) is 11.6 Å². The smallest absolute Gasteiger partial charge is 0.303 e. The van der Waals surface area contributed by atoms with Gasteiger partial charge in [0, 0.05) is 6.42 Å². The molecule has 0 fully saturated rings. The van der Waals surface area contributed by atoms with Crippen molar-refractivity contribution in [3.8, 4) is 0 Å². The minimum Gasteiger partial charge on any atom is -0.481 e. The molecule has 1 heterocycles. The van der Waals surface area contributed by atoms with E-state index in [1.54, 1.807) is 0 Å². The van der Waals surface area contributed by atoms with Crippen LogP contribution in [0.1, 0.15) is 48.7 Å². The van der Waals surface area contributed by atoms with Gasteiger partial charge in [-0.15, -0.1) is 5.10 Å². The van der Waals surface area contributed by atoms with E-state index in [1.165, 1.54) is 5.56 Å². The summed E-state index contributed by atoms with van der Waals surface area (Å²) in [7, 11) is 0. The number of aromatic nitrogens is 3. The lowest BCUT2D eigenvalue weighted by atomic mass is 10.0. The third-order valence-electron chi connectivity index (χ3n) is 3.63. The van der Waals surface area contributed by atoms with Crippen molar-refractivity contribution in [2.45, 2.75) is 46.1 Å². The first-order valence-electron chi connectivity index (χ1n) is 7.17. The maximum Gasteiger partial charge on any atom is 0.303 e. The molecule has 21 heavy (non-hydrogen) atoms. The Morgan fingerprint density at radius 3 is 2.52 bits per heavy atom. The number of hydrogen-bond donors (Lipinski definition) is 1. The zero-order valence-corrected chi connectivity index (χ0v) is 12.7. The Hall–Kier alpha value is -2.17. The summed E-state index contributed by atoms with van der Waals surface area (Å²) in [5, 5.41) is 16.9. The molecule has 1 aromatic carbocycles. The number of benzene rings is 1. The maximum atomic E-state index is 10.6. The molecule has 0 aliphatic heterocycles. The summed E-state index contributed by atoms with van der Waals surface area (Å²) in [6, 6.07) is 8.48. The van der Waals surface area contributed by atoms with Gasteiger partial charge in [-0.25, -0.2) is 4.68 Å². The van der Waals surface area contributed by atoms with Crippen molar-refractivity contribution in [2.24, 2.45) is 0 Å². The Morgan fingerprint density at radius 2 is 1.95 bits per heavy atom. The zero-order chi connectivity index (χ0) is 15.4. The average molecular weight is 287 g/mol. The largest absolute Gasteiger partial charge is 0.481 e. The summed E-state index contributed by atoms with van der Waals surface area (Å²) in [5.74, 6) is -0.289. The first kappa shape index (κ1) is 15.2. The Labute approximate surface area is 124 Å². The summed E-state index contributed by atoms with van der Waals surface area (Å²) in [6.07, 6.45) is 0.510. The quantitative estimate of drug-likeness (QED) is 0.887. The molecule has 0 radical (unpaired) electrons. The van der Waals surface area contributed by atoms with Crippen LogP contribution in [0.5, 0.6) is 0 Å². The highest BCUT2D eigenvalue weighted by Gasteiger charge is 2.10. The van der Waals surface area contributed by atoms with Crippen molar-refractivity contribution in [3.63, 3.8) is 0 Å². The van der Waals surface area contributed by atoms with Crippen molar-refractivity contribution >= 4 is 5.97 Å². The average Bonchev–Trinajstić information content (AvgIpc) is 2.78. The van der Waals surface area contributed by atoms with Crippen LogP contribution in [0.2, 0.25) is 0 Å². The lowest BCUT2D eigenvalue weighted by Crippen LogP contribution is -2.05.